The first kappa shape index (κ1) is 15.5. The van der Waals surface area contributed by atoms with Crippen molar-refractivity contribution in [2.24, 2.45) is 0 Å². The number of aromatic nitrogens is 2. The molecule has 0 saturated carbocycles. The van der Waals surface area contributed by atoms with Gasteiger partial charge in [0, 0.05) is 24.0 Å². The molecule has 0 unspecified atom stereocenters. The monoisotopic (exact) mass is 354 g/mol. The van der Waals surface area contributed by atoms with Crippen LogP contribution in [-0.4, -0.2) is 33.2 Å². The molecule has 7 nitrogen and oxygen atoms in total. The van der Waals surface area contributed by atoms with Gasteiger partial charge in [0.05, 0.1) is 18.5 Å². The van der Waals surface area contributed by atoms with Gasteiger partial charge in [-0.05, 0) is 24.3 Å². The van der Waals surface area contributed by atoms with Gasteiger partial charge in [-0.15, -0.1) is 0 Å². The lowest BCUT2D eigenvalue weighted by molar-refractivity contribution is 0.0704. The van der Waals surface area contributed by atoms with Crippen molar-refractivity contribution in [3.05, 3.63) is 64.8 Å². The molecule has 2 amide bonds. The van der Waals surface area contributed by atoms with Crippen LogP contribution in [-0.2, 0) is 13.0 Å². The van der Waals surface area contributed by atoms with Crippen LogP contribution in [0.1, 0.15) is 31.6 Å². The summed E-state index contributed by atoms with van der Waals surface area (Å²) < 4.78 is 5.18. The highest BCUT2D eigenvalue weighted by atomic mass is 32.1. The van der Waals surface area contributed by atoms with E-state index in [0.717, 1.165) is 10.6 Å². The van der Waals surface area contributed by atoms with E-state index in [4.69, 9.17) is 4.42 Å². The number of pyridine rings is 1. The largest absolute Gasteiger partial charge is 0.459 e. The van der Waals surface area contributed by atoms with Gasteiger partial charge in [0.2, 0.25) is 0 Å². The Kier molecular flexibility index (Phi) is 4.02. The summed E-state index contributed by atoms with van der Waals surface area (Å²) in [5.74, 6) is -0.102. The third-order valence-corrected chi connectivity index (χ3v) is 4.87. The number of anilines is 1. The molecule has 4 heterocycles. The molecule has 8 heteroatoms. The molecule has 1 N–H and O–H groups in total. The molecule has 126 valence electrons. The number of thiazole rings is 1. The van der Waals surface area contributed by atoms with Gasteiger partial charge in [-0.25, -0.2) is 4.98 Å². The molecule has 0 spiro atoms. The maximum atomic E-state index is 12.4. The van der Waals surface area contributed by atoms with Gasteiger partial charge < -0.3 is 9.32 Å². The number of hydrogen-bond acceptors (Lipinski definition) is 6. The summed E-state index contributed by atoms with van der Waals surface area (Å²) in [4.78, 5) is 35.7. The molecular formula is C17H14N4O3S. The van der Waals surface area contributed by atoms with Crippen LogP contribution in [0, 0.1) is 0 Å². The molecular weight excluding hydrogens is 340 g/mol. The number of fused-ring (bicyclic) bond motifs is 1. The maximum Gasteiger partial charge on any atom is 0.289 e. The molecule has 3 aromatic rings. The predicted molar refractivity (Wildman–Crippen MR) is 91.5 cm³/mol. The summed E-state index contributed by atoms with van der Waals surface area (Å²) >= 11 is 1.38. The molecule has 1 aliphatic rings. The van der Waals surface area contributed by atoms with Crippen LogP contribution in [0.4, 0.5) is 5.13 Å². The highest BCUT2D eigenvalue weighted by molar-refractivity contribution is 7.15. The number of furan rings is 1. The zero-order valence-electron chi connectivity index (χ0n) is 13.1. The lowest BCUT2D eigenvalue weighted by atomic mass is 10.1. The average Bonchev–Trinajstić information content (AvgIpc) is 3.30. The Morgan fingerprint density at radius 3 is 2.92 bits per heavy atom. The Labute approximate surface area is 147 Å². The molecule has 0 fully saturated rings. The van der Waals surface area contributed by atoms with Crippen LogP contribution in [0.15, 0.2) is 47.2 Å². The summed E-state index contributed by atoms with van der Waals surface area (Å²) in [6.45, 7) is 1.04. The Morgan fingerprint density at radius 2 is 2.16 bits per heavy atom. The standard InChI is InChI=1S/C17H14N4O3S/c22-15(12-4-1-2-7-18-12)20-17-19-11-6-8-21(10-14(11)25-17)16(23)13-5-3-9-24-13/h1-5,7,9H,6,8,10H2,(H,19,20,22). The number of carbonyl (C=O) groups excluding carboxylic acids is 2. The first-order valence-electron chi connectivity index (χ1n) is 7.74. The Bertz CT molecular complexity index is 905. The van der Waals surface area contributed by atoms with Crippen LogP contribution in [0.2, 0.25) is 0 Å². The lowest BCUT2D eigenvalue weighted by Gasteiger charge is -2.25. The van der Waals surface area contributed by atoms with Crippen LogP contribution < -0.4 is 5.32 Å². The van der Waals surface area contributed by atoms with E-state index in [2.05, 4.69) is 15.3 Å². The molecule has 0 atom stereocenters. The first-order valence-corrected chi connectivity index (χ1v) is 8.56. The number of amides is 2. The van der Waals surface area contributed by atoms with Crippen molar-refractivity contribution in [2.75, 3.05) is 11.9 Å². The van der Waals surface area contributed by atoms with Gasteiger partial charge in [-0.1, -0.05) is 17.4 Å². The van der Waals surface area contributed by atoms with E-state index in [1.165, 1.54) is 17.6 Å². The van der Waals surface area contributed by atoms with Gasteiger partial charge in [-0.3, -0.25) is 19.9 Å². The minimum Gasteiger partial charge on any atom is -0.459 e. The number of rotatable bonds is 3. The zero-order valence-corrected chi connectivity index (χ0v) is 14.0. The van der Waals surface area contributed by atoms with E-state index in [1.54, 1.807) is 41.4 Å². The van der Waals surface area contributed by atoms with E-state index in [-0.39, 0.29) is 11.8 Å². The molecule has 4 rings (SSSR count). The van der Waals surface area contributed by atoms with Gasteiger partial charge in [0.1, 0.15) is 5.69 Å². The summed E-state index contributed by atoms with van der Waals surface area (Å²) in [7, 11) is 0. The highest BCUT2D eigenvalue weighted by Gasteiger charge is 2.26. The highest BCUT2D eigenvalue weighted by Crippen LogP contribution is 2.29. The number of nitrogens with zero attached hydrogens (tertiary/aromatic N) is 3. The second kappa shape index (κ2) is 6.48. The number of nitrogens with one attached hydrogen (secondary N) is 1. The molecule has 25 heavy (non-hydrogen) atoms. The molecule has 0 radical (unpaired) electrons. The van der Waals surface area contributed by atoms with Crippen LogP contribution >= 0.6 is 11.3 Å². The van der Waals surface area contributed by atoms with Gasteiger partial charge in [-0.2, -0.15) is 0 Å². The second-order valence-corrected chi connectivity index (χ2v) is 6.60. The van der Waals surface area contributed by atoms with Crippen LogP contribution in [0.25, 0.3) is 0 Å². The third kappa shape index (κ3) is 3.16. The van der Waals surface area contributed by atoms with Crippen molar-refractivity contribution in [1.82, 2.24) is 14.9 Å². The van der Waals surface area contributed by atoms with Gasteiger partial charge in [0.15, 0.2) is 10.9 Å². The fraction of sp³-hybridized carbons (Fsp3) is 0.176. The van der Waals surface area contributed by atoms with Crippen molar-refractivity contribution >= 4 is 28.3 Å². The molecule has 1 aliphatic heterocycles. The second-order valence-electron chi connectivity index (χ2n) is 5.51. The molecule has 0 aromatic carbocycles. The summed E-state index contributed by atoms with van der Waals surface area (Å²) in [5, 5.41) is 3.29. The fourth-order valence-corrected chi connectivity index (χ4v) is 3.66. The minimum atomic E-state index is -0.296. The molecule has 0 bridgehead atoms. The van der Waals surface area contributed by atoms with Crippen LogP contribution in [0.3, 0.4) is 0 Å². The van der Waals surface area contributed by atoms with Crippen molar-refractivity contribution < 1.29 is 14.0 Å². The maximum absolute atomic E-state index is 12.4. The summed E-state index contributed by atoms with van der Waals surface area (Å²) in [6.07, 6.45) is 3.71. The van der Waals surface area contributed by atoms with Crippen LogP contribution in [0.5, 0.6) is 0 Å². The zero-order chi connectivity index (χ0) is 17.2. The molecule has 0 saturated heterocycles. The summed E-state index contributed by atoms with van der Waals surface area (Å²) in [5.41, 5.74) is 1.26. The number of carbonyl (C=O) groups is 2. The Hall–Kier alpha value is -3.00. The number of hydrogen-bond donors (Lipinski definition) is 1. The minimum absolute atomic E-state index is 0.136. The Morgan fingerprint density at radius 1 is 1.24 bits per heavy atom. The van der Waals surface area contributed by atoms with E-state index in [9.17, 15) is 9.59 Å². The fourth-order valence-electron chi connectivity index (χ4n) is 2.64. The molecule has 3 aromatic heterocycles. The normalized spacial score (nSPS) is 13.4. The van der Waals surface area contributed by atoms with Gasteiger partial charge in [0.25, 0.3) is 11.8 Å². The topological polar surface area (TPSA) is 88.3 Å². The van der Waals surface area contributed by atoms with Crippen molar-refractivity contribution in [2.45, 2.75) is 13.0 Å². The lowest BCUT2D eigenvalue weighted by Crippen LogP contribution is -2.35. The quantitative estimate of drug-likeness (QED) is 0.781. The first-order chi connectivity index (χ1) is 12.2. The predicted octanol–water partition coefficient (Wildman–Crippen LogP) is 2.58. The van der Waals surface area contributed by atoms with E-state index in [0.29, 0.717) is 36.1 Å². The molecule has 0 aliphatic carbocycles. The average molecular weight is 354 g/mol. The van der Waals surface area contributed by atoms with E-state index < -0.39 is 0 Å². The smallest absolute Gasteiger partial charge is 0.289 e. The Balaban J connectivity index is 1.47. The van der Waals surface area contributed by atoms with E-state index >= 15 is 0 Å². The third-order valence-electron chi connectivity index (χ3n) is 3.87. The van der Waals surface area contributed by atoms with Crippen molar-refractivity contribution in [3.8, 4) is 0 Å². The van der Waals surface area contributed by atoms with Crippen molar-refractivity contribution in [1.29, 1.82) is 0 Å². The SMILES string of the molecule is O=C(Nc1nc2c(s1)CN(C(=O)c1ccco1)CC2)c1ccccn1. The van der Waals surface area contributed by atoms with Crippen molar-refractivity contribution in [3.63, 3.8) is 0 Å². The summed E-state index contributed by atoms with van der Waals surface area (Å²) in [6, 6.07) is 8.51. The van der Waals surface area contributed by atoms with Gasteiger partial charge >= 0.3 is 0 Å². The van der Waals surface area contributed by atoms with E-state index in [1.807, 2.05) is 0 Å².